The van der Waals surface area contributed by atoms with Crippen LogP contribution in [0.15, 0.2) is 18.2 Å². The number of nitrogens with two attached hydrogens (primary N) is 1. The van der Waals surface area contributed by atoms with E-state index in [9.17, 15) is 9.59 Å². The molecule has 0 saturated heterocycles. The van der Waals surface area contributed by atoms with Crippen LogP contribution < -0.4 is 5.73 Å². The number of nitrogens with zero attached hydrogens (tertiary/aromatic N) is 3. The highest BCUT2D eigenvalue weighted by Gasteiger charge is 2.30. The number of hydrogen-bond acceptors (Lipinski definition) is 5. The van der Waals surface area contributed by atoms with E-state index >= 15 is 0 Å². The van der Waals surface area contributed by atoms with Gasteiger partial charge < -0.3 is 10.5 Å². The molecule has 1 aromatic heterocycles. The molecule has 8 heteroatoms. The Kier molecular flexibility index (Phi) is 3.75. The molecule has 0 atom stereocenters. The van der Waals surface area contributed by atoms with Crippen LogP contribution in [0.3, 0.4) is 0 Å². The van der Waals surface area contributed by atoms with Crippen molar-refractivity contribution in [3.05, 3.63) is 35.0 Å². The van der Waals surface area contributed by atoms with Crippen molar-refractivity contribution >= 4 is 12.0 Å². The van der Waals surface area contributed by atoms with Crippen LogP contribution in [0.2, 0.25) is 0 Å². The van der Waals surface area contributed by atoms with Crippen molar-refractivity contribution in [2.45, 2.75) is 39.5 Å². The van der Waals surface area contributed by atoms with Crippen LogP contribution in [0.5, 0.6) is 0 Å². The fraction of sp³-hybridized carbons (Fsp3) is 0.375. The number of aromatic amines is 1. The van der Waals surface area contributed by atoms with Gasteiger partial charge in [-0.1, -0.05) is 18.2 Å². The van der Waals surface area contributed by atoms with Gasteiger partial charge in [0.2, 0.25) is 0 Å². The SMILES string of the molecule is CC(C)(C)OC(=O)N1Cc2cccc(-c3n[nH]nc3C(N)=O)c2C1. The van der Waals surface area contributed by atoms with Crippen molar-refractivity contribution in [1.29, 1.82) is 0 Å². The van der Waals surface area contributed by atoms with Crippen molar-refractivity contribution in [1.82, 2.24) is 20.3 Å². The van der Waals surface area contributed by atoms with E-state index in [-0.39, 0.29) is 11.8 Å². The number of amides is 2. The molecule has 0 fully saturated rings. The van der Waals surface area contributed by atoms with Crippen LogP contribution in [-0.4, -0.2) is 37.9 Å². The van der Waals surface area contributed by atoms with Crippen molar-refractivity contribution in [2.75, 3.05) is 0 Å². The summed E-state index contributed by atoms with van der Waals surface area (Å²) in [5, 5.41) is 10.3. The molecule has 0 saturated carbocycles. The summed E-state index contributed by atoms with van der Waals surface area (Å²) in [6, 6.07) is 5.63. The maximum absolute atomic E-state index is 12.3. The second-order valence-electron chi connectivity index (χ2n) is 6.66. The number of primary amides is 1. The maximum atomic E-state index is 12.3. The van der Waals surface area contributed by atoms with Gasteiger partial charge in [-0.15, -0.1) is 0 Å². The average Bonchev–Trinajstić information content (AvgIpc) is 3.11. The van der Waals surface area contributed by atoms with Crippen LogP contribution in [0.25, 0.3) is 11.3 Å². The first-order valence-electron chi connectivity index (χ1n) is 7.56. The summed E-state index contributed by atoms with van der Waals surface area (Å²) in [6.07, 6.45) is -0.375. The summed E-state index contributed by atoms with van der Waals surface area (Å²) in [7, 11) is 0. The molecular formula is C16H19N5O3. The lowest BCUT2D eigenvalue weighted by Gasteiger charge is -2.24. The minimum absolute atomic E-state index is 0.0825. The molecule has 24 heavy (non-hydrogen) atoms. The number of rotatable bonds is 2. The number of fused-ring (bicyclic) bond motifs is 1. The van der Waals surface area contributed by atoms with Crippen LogP contribution in [0, 0.1) is 0 Å². The molecule has 2 heterocycles. The van der Waals surface area contributed by atoms with Gasteiger partial charge >= 0.3 is 6.09 Å². The van der Waals surface area contributed by atoms with E-state index < -0.39 is 11.5 Å². The third-order valence-corrected chi connectivity index (χ3v) is 3.67. The smallest absolute Gasteiger partial charge is 0.410 e. The van der Waals surface area contributed by atoms with Crippen molar-refractivity contribution in [3.63, 3.8) is 0 Å². The Hall–Kier alpha value is -2.90. The Balaban J connectivity index is 1.92. The molecular weight excluding hydrogens is 310 g/mol. The van der Waals surface area contributed by atoms with E-state index in [0.29, 0.717) is 18.8 Å². The first kappa shape index (κ1) is 16.0. The molecule has 126 valence electrons. The molecule has 0 aliphatic carbocycles. The van der Waals surface area contributed by atoms with Gasteiger partial charge in [-0.2, -0.15) is 15.4 Å². The van der Waals surface area contributed by atoms with E-state index in [2.05, 4.69) is 15.4 Å². The second kappa shape index (κ2) is 5.63. The Morgan fingerprint density at radius 1 is 1.25 bits per heavy atom. The zero-order valence-electron chi connectivity index (χ0n) is 13.8. The molecule has 0 unspecified atom stereocenters. The highest BCUT2D eigenvalue weighted by molar-refractivity contribution is 5.97. The van der Waals surface area contributed by atoms with Crippen molar-refractivity contribution in [2.24, 2.45) is 5.73 Å². The monoisotopic (exact) mass is 329 g/mol. The number of nitrogens with one attached hydrogen (secondary N) is 1. The maximum Gasteiger partial charge on any atom is 0.410 e. The standard InChI is InChI=1S/C16H19N5O3/c1-16(2,3)24-15(23)21-7-9-5-4-6-10(11(9)8-21)12-13(14(17)22)19-20-18-12/h4-6H,7-8H2,1-3H3,(H2,17,22)(H,18,19,20). The largest absolute Gasteiger partial charge is 0.444 e. The molecule has 2 amide bonds. The predicted molar refractivity (Wildman–Crippen MR) is 85.8 cm³/mol. The quantitative estimate of drug-likeness (QED) is 0.872. The summed E-state index contributed by atoms with van der Waals surface area (Å²) in [5.74, 6) is -0.654. The Morgan fingerprint density at radius 3 is 2.67 bits per heavy atom. The van der Waals surface area contributed by atoms with E-state index in [1.165, 1.54) is 0 Å². The Labute approximate surface area is 139 Å². The normalized spacial score (nSPS) is 13.7. The Bertz CT molecular complexity index is 806. The number of benzene rings is 1. The van der Waals surface area contributed by atoms with Gasteiger partial charge in [-0.25, -0.2) is 4.79 Å². The fourth-order valence-electron chi connectivity index (χ4n) is 2.69. The minimum atomic E-state index is -0.654. The molecule has 0 bridgehead atoms. The van der Waals surface area contributed by atoms with Gasteiger partial charge in [-0.3, -0.25) is 9.69 Å². The molecule has 3 N–H and O–H groups in total. The predicted octanol–water partition coefficient (Wildman–Crippen LogP) is 1.82. The summed E-state index contributed by atoms with van der Waals surface area (Å²) in [6.45, 7) is 6.31. The average molecular weight is 329 g/mol. The summed E-state index contributed by atoms with van der Waals surface area (Å²) < 4.78 is 5.42. The van der Waals surface area contributed by atoms with E-state index in [0.717, 1.165) is 16.7 Å². The Morgan fingerprint density at radius 2 is 2.00 bits per heavy atom. The number of H-pyrrole nitrogens is 1. The van der Waals surface area contributed by atoms with Gasteiger partial charge in [0.15, 0.2) is 5.69 Å². The lowest BCUT2D eigenvalue weighted by Crippen LogP contribution is -2.33. The zero-order chi connectivity index (χ0) is 17.5. The fourth-order valence-corrected chi connectivity index (χ4v) is 2.69. The number of hydrogen-bond donors (Lipinski definition) is 2. The summed E-state index contributed by atoms with van der Waals surface area (Å²) in [5.41, 5.74) is 7.90. The molecule has 8 nitrogen and oxygen atoms in total. The van der Waals surface area contributed by atoms with E-state index in [1.54, 1.807) is 4.90 Å². The lowest BCUT2D eigenvalue weighted by atomic mass is 10.00. The van der Waals surface area contributed by atoms with Gasteiger partial charge in [0.1, 0.15) is 11.3 Å². The van der Waals surface area contributed by atoms with Crippen molar-refractivity contribution < 1.29 is 14.3 Å². The van der Waals surface area contributed by atoms with Crippen LogP contribution in [-0.2, 0) is 17.8 Å². The van der Waals surface area contributed by atoms with E-state index in [1.807, 2.05) is 39.0 Å². The third kappa shape index (κ3) is 2.94. The third-order valence-electron chi connectivity index (χ3n) is 3.67. The number of carbonyl (C=O) groups is 2. The number of aromatic nitrogens is 3. The molecule has 0 spiro atoms. The van der Waals surface area contributed by atoms with Crippen molar-refractivity contribution in [3.8, 4) is 11.3 Å². The van der Waals surface area contributed by atoms with Gasteiger partial charge in [0, 0.05) is 12.1 Å². The molecule has 0 radical (unpaired) electrons. The molecule has 1 aliphatic rings. The first-order chi connectivity index (χ1) is 11.3. The molecule has 2 aromatic rings. The highest BCUT2D eigenvalue weighted by atomic mass is 16.6. The zero-order valence-corrected chi connectivity index (χ0v) is 13.8. The van der Waals surface area contributed by atoms with Crippen LogP contribution >= 0.6 is 0 Å². The lowest BCUT2D eigenvalue weighted by molar-refractivity contribution is 0.0242. The second-order valence-corrected chi connectivity index (χ2v) is 6.66. The van der Waals surface area contributed by atoms with Gasteiger partial charge in [0.25, 0.3) is 5.91 Å². The first-order valence-corrected chi connectivity index (χ1v) is 7.56. The van der Waals surface area contributed by atoms with Crippen LogP contribution in [0.1, 0.15) is 42.4 Å². The molecule has 1 aliphatic heterocycles. The van der Waals surface area contributed by atoms with Gasteiger partial charge in [0.05, 0.1) is 6.54 Å². The van der Waals surface area contributed by atoms with Gasteiger partial charge in [-0.05, 0) is 31.9 Å². The highest BCUT2D eigenvalue weighted by Crippen LogP contribution is 2.33. The minimum Gasteiger partial charge on any atom is -0.444 e. The number of ether oxygens (including phenoxy) is 1. The molecule has 3 rings (SSSR count). The van der Waals surface area contributed by atoms with Crippen LogP contribution in [0.4, 0.5) is 4.79 Å². The summed E-state index contributed by atoms with van der Waals surface area (Å²) >= 11 is 0. The molecule has 1 aromatic carbocycles. The summed E-state index contributed by atoms with van der Waals surface area (Å²) in [4.78, 5) is 25.4. The topological polar surface area (TPSA) is 114 Å². The van der Waals surface area contributed by atoms with E-state index in [4.69, 9.17) is 10.5 Å². The number of carbonyl (C=O) groups excluding carboxylic acids is 2.